The molecule has 3 rings (SSSR count). The number of amides is 1. The molecule has 1 aromatic heterocycles. The van der Waals surface area contributed by atoms with Crippen LogP contribution in [-0.2, 0) is 11.3 Å². The number of hydrogen-bond donors (Lipinski definition) is 1. The minimum absolute atomic E-state index is 0.268. The number of nitrogens with one attached hydrogen (secondary N) is 1. The van der Waals surface area contributed by atoms with Gasteiger partial charge in [0.25, 0.3) is 5.91 Å². The van der Waals surface area contributed by atoms with Crippen LogP contribution in [0.4, 0.5) is 5.69 Å². The van der Waals surface area contributed by atoms with Crippen LogP contribution in [0.15, 0.2) is 48.3 Å². The number of hydrogen-bond acceptors (Lipinski definition) is 7. The molecule has 34 heavy (non-hydrogen) atoms. The second-order valence-corrected chi connectivity index (χ2v) is 7.31. The van der Waals surface area contributed by atoms with E-state index in [9.17, 15) is 4.79 Å². The molecular formula is C25H29N3O6. The Morgan fingerprint density at radius 3 is 2.26 bits per heavy atom. The van der Waals surface area contributed by atoms with Crippen LogP contribution >= 0.6 is 0 Å². The molecule has 1 heterocycles. The van der Waals surface area contributed by atoms with Gasteiger partial charge in [0.1, 0.15) is 5.75 Å². The lowest BCUT2D eigenvalue weighted by Crippen LogP contribution is -2.12. The van der Waals surface area contributed by atoms with Gasteiger partial charge in [0, 0.05) is 29.0 Å². The molecule has 0 spiro atoms. The van der Waals surface area contributed by atoms with E-state index in [0.29, 0.717) is 52.1 Å². The number of anilines is 1. The fourth-order valence-corrected chi connectivity index (χ4v) is 3.46. The van der Waals surface area contributed by atoms with Crippen LogP contribution in [0.2, 0.25) is 0 Å². The van der Waals surface area contributed by atoms with E-state index in [1.165, 1.54) is 0 Å². The number of rotatable bonds is 10. The van der Waals surface area contributed by atoms with Crippen molar-refractivity contribution in [3.8, 4) is 28.7 Å². The third-order valence-corrected chi connectivity index (χ3v) is 5.17. The summed E-state index contributed by atoms with van der Waals surface area (Å²) in [6.07, 6.45) is 5.07. The molecule has 0 aliphatic heterocycles. The number of carbonyl (C=O) groups excluding carboxylic acids is 1. The van der Waals surface area contributed by atoms with Gasteiger partial charge in [-0.05, 0) is 25.1 Å². The molecule has 1 N–H and O–H groups in total. The summed E-state index contributed by atoms with van der Waals surface area (Å²) in [6.45, 7) is 2.17. The number of methoxy groups -OCH3 is 5. The number of benzene rings is 2. The second-order valence-electron chi connectivity index (χ2n) is 7.31. The van der Waals surface area contributed by atoms with E-state index in [1.54, 1.807) is 77.8 Å². The Kier molecular flexibility index (Phi) is 8.02. The predicted octanol–water partition coefficient (Wildman–Crippen LogP) is 4.02. The zero-order chi connectivity index (χ0) is 24.7. The number of aromatic nitrogens is 2. The molecule has 0 aliphatic rings. The monoisotopic (exact) mass is 467 g/mol. The first-order valence-corrected chi connectivity index (χ1v) is 10.5. The van der Waals surface area contributed by atoms with Crippen molar-refractivity contribution < 1.29 is 28.5 Å². The van der Waals surface area contributed by atoms with Gasteiger partial charge in [-0.2, -0.15) is 5.10 Å². The largest absolute Gasteiger partial charge is 0.496 e. The topological polar surface area (TPSA) is 93.1 Å². The van der Waals surface area contributed by atoms with Gasteiger partial charge in [0.15, 0.2) is 23.0 Å². The van der Waals surface area contributed by atoms with E-state index in [1.807, 2.05) is 18.2 Å². The van der Waals surface area contributed by atoms with E-state index in [-0.39, 0.29) is 5.91 Å². The number of carbonyl (C=O) groups is 1. The Balaban J connectivity index is 1.76. The maximum absolute atomic E-state index is 12.8. The first kappa shape index (κ1) is 24.5. The summed E-state index contributed by atoms with van der Waals surface area (Å²) in [5.74, 6) is 2.66. The number of para-hydroxylation sites is 1. The van der Waals surface area contributed by atoms with Crippen LogP contribution in [0.5, 0.6) is 28.7 Å². The van der Waals surface area contributed by atoms with E-state index in [2.05, 4.69) is 10.4 Å². The maximum atomic E-state index is 12.8. The highest BCUT2D eigenvalue weighted by Crippen LogP contribution is 2.36. The summed E-state index contributed by atoms with van der Waals surface area (Å²) in [6, 6.07) is 9.13. The molecule has 180 valence electrons. The van der Waals surface area contributed by atoms with Crippen molar-refractivity contribution in [2.45, 2.75) is 13.5 Å². The normalized spacial score (nSPS) is 11.1. The van der Waals surface area contributed by atoms with Crippen molar-refractivity contribution in [2.24, 2.45) is 0 Å². The summed E-state index contributed by atoms with van der Waals surface area (Å²) in [4.78, 5) is 12.8. The van der Waals surface area contributed by atoms with Crippen molar-refractivity contribution in [3.05, 3.63) is 59.4 Å². The third kappa shape index (κ3) is 5.43. The lowest BCUT2D eigenvalue weighted by molar-refractivity contribution is -0.112. The van der Waals surface area contributed by atoms with Crippen molar-refractivity contribution in [1.82, 2.24) is 9.78 Å². The molecule has 0 radical (unpaired) electrons. The van der Waals surface area contributed by atoms with Crippen LogP contribution < -0.4 is 29.0 Å². The van der Waals surface area contributed by atoms with E-state index >= 15 is 0 Å². The Morgan fingerprint density at radius 2 is 1.62 bits per heavy atom. The molecule has 0 saturated heterocycles. The highest BCUT2D eigenvalue weighted by molar-refractivity contribution is 6.06. The second kappa shape index (κ2) is 11.1. The average molecular weight is 468 g/mol. The van der Waals surface area contributed by atoms with E-state index in [4.69, 9.17) is 23.7 Å². The summed E-state index contributed by atoms with van der Waals surface area (Å²) in [7, 11) is 7.85. The zero-order valence-corrected chi connectivity index (χ0v) is 20.2. The van der Waals surface area contributed by atoms with E-state index in [0.717, 1.165) is 5.56 Å². The molecule has 0 bridgehead atoms. The highest BCUT2D eigenvalue weighted by atomic mass is 16.5. The molecule has 0 saturated carbocycles. The third-order valence-electron chi connectivity index (χ3n) is 5.17. The van der Waals surface area contributed by atoms with Crippen molar-refractivity contribution in [3.63, 3.8) is 0 Å². The van der Waals surface area contributed by atoms with Gasteiger partial charge in [-0.3, -0.25) is 9.48 Å². The SMILES string of the molecule is COc1cc(OC)c(OC)cc1/C=C(\C)C(=O)Nc1cnn(Cc2cccc(OC)c2OC)c1. The lowest BCUT2D eigenvalue weighted by Gasteiger charge is -2.13. The molecular weight excluding hydrogens is 438 g/mol. The van der Waals surface area contributed by atoms with Gasteiger partial charge in [-0.25, -0.2) is 0 Å². The van der Waals surface area contributed by atoms with Crippen LogP contribution in [0.1, 0.15) is 18.1 Å². The molecule has 3 aromatic rings. The maximum Gasteiger partial charge on any atom is 0.251 e. The highest BCUT2D eigenvalue weighted by Gasteiger charge is 2.14. The number of ether oxygens (including phenoxy) is 5. The molecule has 0 unspecified atom stereocenters. The Morgan fingerprint density at radius 1 is 0.941 bits per heavy atom. The van der Waals surface area contributed by atoms with Gasteiger partial charge in [-0.1, -0.05) is 12.1 Å². The summed E-state index contributed by atoms with van der Waals surface area (Å²) in [5, 5.41) is 7.21. The fourth-order valence-electron chi connectivity index (χ4n) is 3.46. The van der Waals surface area contributed by atoms with Crippen LogP contribution in [0.3, 0.4) is 0 Å². The molecule has 9 heteroatoms. The zero-order valence-electron chi connectivity index (χ0n) is 20.2. The minimum atomic E-state index is -0.268. The summed E-state index contributed by atoms with van der Waals surface area (Å²) < 4.78 is 28.6. The van der Waals surface area contributed by atoms with Gasteiger partial charge < -0.3 is 29.0 Å². The van der Waals surface area contributed by atoms with Gasteiger partial charge >= 0.3 is 0 Å². The first-order valence-electron chi connectivity index (χ1n) is 10.5. The fraction of sp³-hybridized carbons (Fsp3) is 0.280. The summed E-state index contributed by atoms with van der Waals surface area (Å²) in [5.41, 5.74) is 2.64. The quantitative estimate of drug-likeness (QED) is 0.450. The van der Waals surface area contributed by atoms with Crippen LogP contribution in [0, 0.1) is 0 Å². The van der Waals surface area contributed by atoms with E-state index < -0.39 is 0 Å². The number of nitrogens with zero attached hydrogens (tertiary/aromatic N) is 2. The lowest BCUT2D eigenvalue weighted by atomic mass is 10.1. The van der Waals surface area contributed by atoms with Crippen LogP contribution in [0.25, 0.3) is 6.08 Å². The Hall–Kier alpha value is -4.14. The van der Waals surface area contributed by atoms with Gasteiger partial charge in [-0.15, -0.1) is 0 Å². The molecule has 1 amide bonds. The van der Waals surface area contributed by atoms with Gasteiger partial charge in [0.2, 0.25) is 0 Å². The molecule has 2 aromatic carbocycles. The van der Waals surface area contributed by atoms with Crippen molar-refractivity contribution in [2.75, 3.05) is 40.9 Å². The Labute approximate surface area is 198 Å². The smallest absolute Gasteiger partial charge is 0.251 e. The van der Waals surface area contributed by atoms with Gasteiger partial charge in [0.05, 0.1) is 54.0 Å². The summed E-state index contributed by atoms with van der Waals surface area (Å²) >= 11 is 0. The van der Waals surface area contributed by atoms with Crippen molar-refractivity contribution >= 4 is 17.7 Å². The average Bonchev–Trinajstić information content (AvgIpc) is 3.29. The molecule has 9 nitrogen and oxygen atoms in total. The van der Waals surface area contributed by atoms with Crippen molar-refractivity contribution in [1.29, 1.82) is 0 Å². The van der Waals surface area contributed by atoms with Crippen LogP contribution in [-0.4, -0.2) is 51.2 Å². The predicted molar refractivity (Wildman–Crippen MR) is 129 cm³/mol. The minimum Gasteiger partial charge on any atom is -0.496 e. The molecule has 0 aliphatic carbocycles. The Bertz CT molecular complexity index is 1190. The first-order chi connectivity index (χ1) is 16.4. The molecule has 0 atom stereocenters. The molecule has 0 fully saturated rings. The standard InChI is InChI=1S/C25H29N3O6/c1-16(10-18-11-22(32-4)23(33-5)12-21(18)31-3)25(29)27-19-13-26-28(15-19)14-17-8-7-9-20(30-2)24(17)34-6/h7-13,15H,14H2,1-6H3,(H,27,29)/b16-10+.